The average molecular weight is 495 g/mol. The van der Waals surface area contributed by atoms with Crippen molar-refractivity contribution in [3.8, 4) is 17.4 Å². The topological polar surface area (TPSA) is 114 Å². The van der Waals surface area contributed by atoms with Crippen molar-refractivity contribution in [2.75, 3.05) is 65.0 Å². The molecule has 0 saturated carbocycles. The van der Waals surface area contributed by atoms with Gasteiger partial charge in [0.15, 0.2) is 11.5 Å². The van der Waals surface area contributed by atoms with Gasteiger partial charge in [-0.3, -0.25) is 9.69 Å². The lowest BCUT2D eigenvalue weighted by Gasteiger charge is -2.40. The van der Waals surface area contributed by atoms with Gasteiger partial charge in [0.2, 0.25) is 11.8 Å². The number of rotatable bonds is 5. The van der Waals surface area contributed by atoms with Gasteiger partial charge in [0.1, 0.15) is 18.9 Å². The SMILES string of the molecule is COc1nc(Nc2ccc(C(=O)N3CCC(N4CCOCC4)CC3)c3c2OCCO3)nc2[nH]ccc12. The highest BCUT2D eigenvalue weighted by Crippen LogP contribution is 2.42. The molecule has 6 rings (SSSR count). The van der Waals surface area contributed by atoms with Crippen LogP contribution in [0.1, 0.15) is 23.2 Å². The second-order valence-corrected chi connectivity index (χ2v) is 9.11. The summed E-state index contributed by atoms with van der Waals surface area (Å²) in [5.41, 5.74) is 1.79. The van der Waals surface area contributed by atoms with Crippen LogP contribution in [-0.2, 0) is 4.74 Å². The molecule has 0 spiro atoms. The number of carbonyl (C=O) groups is 1. The number of hydrogen-bond acceptors (Lipinski definition) is 9. The predicted molar refractivity (Wildman–Crippen MR) is 132 cm³/mol. The van der Waals surface area contributed by atoms with Gasteiger partial charge in [-0.1, -0.05) is 0 Å². The summed E-state index contributed by atoms with van der Waals surface area (Å²) in [5.74, 6) is 1.72. The van der Waals surface area contributed by atoms with E-state index in [1.165, 1.54) is 0 Å². The quantitative estimate of drug-likeness (QED) is 0.552. The molecule has 190 valence electrons. The van der Waals surface area contributed by atoms with Crippen molar-refractivity contribution in [3.63, 3.8) is 0 Å². The maximum Gasteiger partial charge on any atom is 0.257 e. The Morgan fingerprint density at radius 3 is 2.58 bits per heavy atom. The highest BCUT2D eigenvalue weighted by Gasteiger charge is 2.31. The third-order valence-electron chi connectivity index (χ3n) is 7.05. The summed E-state index contributed by atoms with van der Waals surface area (Å²) in [6.07, 6.45) is 3.71. The molecular formula is C25H30N6O5. The number of benzene rings is 1. The highest BCUT2D eigenvalue weighted by molar-refractivity contribution is 5.99. The summed E-state index contributed by atoms with van der Waals surface area (Å²) in [5, 5.41) is 4.00. The smallest absolute Gasteiger partial charge is 0.257 e. The van der Waals surface area contributed by atoms with Crippen LogP contribution in [0.4, 0.5) is 11.6 Å². The minimum Gasteiger partial charge on any atom is -0.485 e. The molecule has 1 aromatic carbocycles. The summed E-state index contributed by atoms with van der Waals surface area (Å²) in [7, 11) is 1.57. The Morgan fingerprint density at radius 1 is 1.03 bits per heavy atom. The zero-order valence-corrected chi connectivity index (χ0v) is 20.3. The van der Waals surface area contributed by atoms with E-state index in [0.29, 0.717) is 59.5 Å². The number of nitrogens with one attached hydrogen (secondary N) is 2. The van der Waals surface area contributed by atoms with Crippen molar-refractivity contribution in [3.05, 3.63) is 30.0 Å². The largest absolute Gasteiger partial charge is 0.485 e. The van der Waals surface area contributed by atoms with Crippen molar-refractivity contribution in [1.29, 1.82) is 0 Å². The third kappa shape index (κ3) is 4.28. The Morgan fingerprint density at radius 2 is 1.81 bits per heavy atom. The Hall–Kier alpha value is -3.57. The molecule has 2 aromatic heterocycles. The maximum absolute atomic E-state index is 13.5. The standard InChI is InChI=1S/C25H30N6O5/c1-33-23-18-4-7-26-22(18)28-25(29-23)27-19-3-2-17(20-21(19)36-15-14-35-20)24(32)31-8-5-16(6-9-31)30-10-12-34-13-11-30/h2-4,7,16H,5-6,8-15H2,1H3,(H2,26,27,28,29). The average Bonchev–Trinajstić information content (AvgIpc) is 3.42. The van der Waals surface area contributed by atoms with Gasteiger partial charge in [0.05, 0.1) is 37.0 Å². The van der Waals surface area contributed by atoms with Crippen LogP contribution in [0.5, 0.6) is 17.4 Å². The van der Waals surface area contributed by atoms with E-state index >= 15 is 0 Å². The molecule has 5 heterocycles. The van der Waals surface area contributed by atoms with E-state index in [4.69, 9.17) is 18.9 Å². The Kier molecular flexibility index (Phi) is 6.24. The number of fused-ring (bicyclic) bond motifs is 2. The fraction of sp³-hybridized carbons (Fsp3) is 0.480. The fourth-order valence-electron chi connectivity index (χ4n) is 5.20. The molecule has 1 amide bonds. The molecule has 2 N–H and O–H groups in total. The summed E-state index contributed by atoms with van der Waals surface area (Å²) in [6.45, 7) is 5.74. The second kappa shape index (κ2) is 9.82. The molecule has 2 saturated heterocycles. The lowest BCUT2D eigenvalue weighted by atomic mass is 10.0. The first-order chi connectivity index (χ1) is 17.7. The van der Waals surface area contributed by atoms with Crippen molar-refractivity contribution < 1.29 is 23.7 Å². The molecule has 3 aromatic rings. The number of nitrogens with zero attached hydrogens (tertiary/aromatic N) is 4. The zero-order chi connectivity index (χ0) is 24.5. The molecule has 11 heteroatoms. The Labute approximate surface area is 208 Å². The van der Waals surface area contributed by atoms with Crippen LogP contribution in [0.25, 0.3) is 11.0 Å². The van der Waals surface area contributed by atoms with Crippen LogP contribution in [0.2, 0.25) is 0 Å². The highest BCUT2D eigenvalue weighted by atomic mass is 16.6. The number of carbonyl (C=O) groups excluding carboxylic acids is 1. The molecule has 3 aliphatic heterocycles. The van der Waals surface area contributed by atoms with E-state index in [2.05, 4.69) is 25.2 Å². The number of ether oxygens (including phenoxy) is 4. The Balaban J connectivity index is 1.22. The molecule has 0 unspecified atom stereocenters. The molecule has 0 atom stereocenters. The van der Waals surface area contributed by atoms with Crippen molar-refractivity contribution in [1.82, 2.24) is 24.8 Å². The number of aromatic amines is 1. The van der Waals surface area contributed by atoms with Gasteiger partial charge in [-0.15, -0.1) is 0 Å². The molecule has 0 aliphatic carbocycles. The number of aromatic nitrogens is 3. The van der Waals surface area contributed by atoms with Crippen LogP contribution < -0.4 is 19.5 Å². The molecule has 11 nitrogen and oxygen atoms in total. The van der Waals surface area contributed by atoms with E-state index < -0.39 is 0 Å². The molecule has 3 aliphatic rings. The van der Waals surface area contributed by atoms with Gasteiger partial charge in [-0.25, -0.2) is 0 Å². The summed E-state index contributed by atoms with van der Waals surface area (Å²) >= 11 is 0. The first-order valence-electron chi connectivity index (χ1n) is 12.4. The van der Waals surface area contributed by atoms with Crippen molar-refractivity contribution >= 4 is 28.6 Å². The number of anilines is 2. The number of amides is 1. The third-order valence-corrected chi connectivity index (χ3v) is 7.05. The molecule has 0 bridgehead atoms. The van der Waals surface area contributed by atoms with Gasteiger partial charge in [-0.2, -0.15) is 9.97 Å². The van der Waals surface area contributed by atoms with Crippen LogP contribution in [0, 0.1) is 0 Å². The number of piperidine rings is 1. The molecule has 36 heavy (non-hydrogen) atoms. The fourth-order valence-corrected chi connectivity index (χ4v) is 5.20. The van der Waals surface area contributed by atoms with E-state index in [0.717, 1.165) is 57.6 Å². The summed E-state index contributed by atoms with van der Waals surface area (Å²) in [6, 6.07) is 5.97. The van der Waals surface area contributed by atoms with Crippen molar-refractivity contribution in [2.45, 2.75) is 18.9 Å². The van der Waals surface area contributed by atoms with Gasteiger partial charge >= 0.3 is 0 Å². The lowest BCUT2D eigenvalue weighted by Crippen LogP contribution is -2.50. The summed E-state index contributed by atoms with van der Waals surface area (Å²) < 4.78 is 22.8. The summed E-state index contributed by atoms with van der Waals surface area (Å²) in [4.78, 5) is 30.0. The first kappa shape index (κ1) is 22.9. The van der Waals surface area contributed by atoms with Gasteiger partial charge in [0.25, 0.3) is 5.91 Å². The maximum atomic E-state index is 13.5. The second-order valence-electron chi connectivity index (χ2n) is 9.11. The van der Waals surface area contributed by atoms with E-state index in [1.807, 2.05) is 17.0 Å². The van der Waals surface area contributed by atoms with Crippen LogP contribution in [0.3, 0.4) is 0 Å². The van der Waals surface area contributed by atoms with Gasteiger partial charge < -0.3 is 34.1 Å². The Bertz CT molecular complexity index is 1250. The van der Waals surface area contributed by atoms with Crippen LogP contribution >= 0.6 is 0 Å². The molecular weight excluding hydrogens is 464 g/mol. The zero-order valence-electron chi connectivity index (χ0n) is 20.3. The number of morpholine rings is 1. The van der Waals surface area contributed by atoms with Crippen LogP contribution in [-0.4, -0.2) is 96.4 Å². The van der Waals surface area contributed by atoms with E-state index in [1.54, 1.807) is 19.4 Å². The van der Waals surface area contributed by atoms with E-state index in [9.17, 15) is 4.79 Å². The number of likely N-dealkylation sites (tertiary alicyclic amines) is 1. The number of hydrogen-bond donors (Lipinski definition) is 2. The van der Waals surface area contributed by atoms with Crippen LogP contribution in [0.15, 0.2) is 24.4 Å². The predicted octanol–water partition coefficient (Wildman–Crippen LogP) is 2.42. The van der Waals surface area contributed by atoms with Gasteiger partial charge in [0, 0.05) is 38.4 Å². The van der Waals surface area contributed by atoms with Crippen molar-refractivity contribution in [2.24, 2.45) is 0 Å². The number of methoxy groups -OCH3 is 1. The minimum atomic E-state index is -0.0329. The lowest BCUT2D eigenvalue weighted by molar-refractivity contribution is 0.00152. The number of H-pyrrole nitrogens is 1. The normalized spacial score (nSPS) is 18.9. The minimum absolute atomic E-state index is 0.0329. The first-order valence-corrected chi connectivity index (χ1v) is 12.4. The molecule has 0 radical (unpaired) electrons. The van der Waals surface area contributed by atoms with E-state index in [-0.39, 0.29) is 5.91 Å². The molecule has 2 fully saturated rings. The monoisotopic (exact) mass is 494 g/mol. The van der Waals surface area contributed by atoms with Gasteiger partial charge in [-0.05, 0) is 31.0 Å².